The van der Waals surface area contributed by atoms with Gasteiger partial charge in [-0.15, -0.1) is 0 Å². The third kappa shape index (κ3) is 9.34. The number of allylic oxidation sites excluding steroid dienone is 1. The first-order valence-electron chi connectivity index (χ1n) is 18.3. The zero-order valence-electron chi connectivity index (χ0n) is 30.4. The van der Waals surface area contributed by atoms with E-state index in [4.69, 9.17) is 0 Å². The maximum atomic E-state index is 14.9. The Morgan fingerprint density at radius 3 is 1.43 bits per heavy atom. The predicted octanol–water partition coefficient (Wildman–Crippen LogP) is 13.5. The van der Waals surface area contributed by atoms with Crippen LogP contribution in [-0.2, 0) is 6.42 Å². The van der Waals surface area contributed by atoms with Crippen molar-refractivity contribution in [1.29, 1.82) is 0 Å². The number of carbonyl (C=O) groups is 1. The van der Waals surface area contributed by atoms with E-state index in [0.29, 0.717) is 17.8 Å². The van der Waals surface area contributed by atoms with Crippen molar-refractivity contribution < 1.29 is 9.90 Å². The van der Waals surface area contributed by atoms with Crippen molar-refractivity contribution in [2.24, 2.45) is 0 Å². The van der Waals surface area contributed by atoms with Crippen molar-refractivity contribution in [1.82, 2.24) is 0 Å². The second kappa shape index (κ2) is 18.6. The first kappa shape index (κ1) is 37.8. The molecule has 0 aliphatic heterocycles. The summed E-state index contributed by atoms with van der Waals surface area (Å²) in [6, 6.07) is 9.09. The normalized spacial score (nSPS) is 15.6. The molecule has 0 aliphatic rings. The Hall–Kier alpha value is -2.35. The van der Waals surface area contributed by atoms with Gasteiger partial charge in [0, 0.05) is 5.56 Å². The van der Waals surface area contributed by atoms with Crippen LogP contribution in [0.5, 0.6) is 0 Å². The number of aliphatic hydroxyl groups excluding tert-OH is 1. The summed E-state index contributed by atoms with van der Waals surface area (Å²) < 4.78 is 0. The van der Waals surface area contributed by atoms with Crippen molar-refractivity contribution in [3.63, 3.8) is 0 Å². The highest BCUT2D eigenvalue weighted by atomic mass is 16.3. The van der Waals surface area contributed by atoms with Crippen LogP contribution in [0.15, 0.2) is 30.0 Å². The Balaban J connectivity index is 3.04. The number of benzene rings is 2. The van der Waals surface area contributed by atoms with Crippen molar-refractivity contribution >= 4 is 11.9 Å². The molecule has 0 spiro atoms. The SMILES string of the molecule is CCCC(C)c1ccc(CC)cc1C=C(O)C(=O)c1c(C(C)CCC)c(C(C)CCC)cc(C(C)CCC)c1C(C)CCC. The summed E-state index contributed by atoms with van der Waals surface area (Å²) in [5.41, 5.74) is 9.30. The summed E-state index contributed by atoms with van der Waals surface area (Å²) in [6.07, 6.45) is 13.5. The summed E-state index contributed by atoms with van der Waals surface area (Å²) in [4.78, 5) is 14.9. The van der Waals surface area contributed by atoms with Crippen LogP contribution in [0.2, 0.25) is 0 Å². The predicted molar refractivity (Wildman–Crippen MR) is 194 cm³/mol. The highest BCUT2D eigenvalue weighted by Crippen LogP contribution is 2.44. The average molecular weight is 603 g/mol. The van der Waals surface area contributed by atoms with Gasteiger partial charge in [0.25, 0.3) is 0 Å². The molecular weight excluding hydrogens is 536 g/mol. The Bertz CT molecular complexity index is 1170. The molecule has 2 aromatic carbocycles. The van der Waals surface area contributed by atoms with Crippen molar-refractivity contribution in [3.05, 3.63) is 74.5 Å². The van der Waals surface area contributed by atoms with Crippen LogP contribution in [0, 0.1) is 0 Å². The molecule has 0 amide bonds. The molecule has 0 radical (unpaired) electrons. The van der Waals surface area contributed by atoms with Gasteiger partial charge in [-0.1, -0.05) is 133 Å². The lowest BCUT2D eigenvalue weighted by Crippen LogP contribution is -2.20. The molecule has 5 atom stereocenters. The van der Waals surface area contributed by atoms with Crippen molar-refractivity contribution in [2.75, 3.05) is 0 Å². The summed E-state index contributed by atoms with van der Waals surface area (Å²) in [5, 5.41) is 11.9. The van der Waals surface area contributed by atoms with E-state index >= 15 is 0 Å². The molecule has 44 heavy (non-hydrogen) atoms. The molecule has 2 rings (SSSR count). The molecule has 0 bridgehead atoms. The zero-order valence-corrected chi connectivity index (χ0v) is 30.4. The molecule has 1 N–H and O–H groups in total. The quantitative estimate of drug-likeness (QED) is 0.0986. The summed E-state index contributed by atoms with van der Waals surface area (Å²) in [5.74, 6) is 1.26. The van der Waals surface area contributed by atoms with Crippen molar-refractivity contribution in [3.8, 4) is 0 Å². The minimum Gasteiger partial charge on any atom is -0.504 e. The fourth-order valence-corrected chi connectivity index (χ4v) is 7.56. The van der Waals surface area contributed by atoms with Gasteiger partial charge in [-0.2, -0.15) is 0 Å². The minimum absolute atomic E-state index is 0.118. The average Bonchev–Trinajstić information content (AvgIpc) is 2.99. The minimum atomic E-state index is -0.188. The van der Waals surface area contributed by atoms with Crippen LogP contribution in [-0.4, -0.2) is 10.9 Å². The molecule has 0 saturated carbocycles. The van der Waals surface area contributed by atoms with E-state index in [-0.39, 0.29) is 23.4 Å². The van der Waals surface area contributed by atoms with Gasteiger partial charge in [-0.3, -0.25) is 4.79 Å². The van der Waals surface area contributed by atoms with E-state index in [1.165, 1.54) is 33.4 Å². The van der Waals surface area contributed by atoms with Crippen LogP contribution in [0.4, 0.5) is 0 Å². The highest BCUT2D eigenvalue weighted by Gasteiger charge is 2.32. The third-order valence-corrected chi connectivity index (χ3v) is 9.97. The summed E-state index contributed by atoms with van der Waals surface area (Å²) in [7, 11) is 0. The molecule has 0 aliphatic carbocycles. The maximum absolute atomic E-state index is 14.9. The van der Waals surface area contributed by atoms with E-state index in [9.17, 15) is 9.90 Å². The number of carbonyl (C=O) groups excluding carboxylic acids is 1. The van der Waals surface area contributed by atoms with E-state index in [1.54, 1.807) is 6.08 Å². The molecule has 0 heterocycles. The lowest BCUT2D eigenvalue weighted by Gasteiger charge is -2.31. The van der Waals surface area contributed by atoms with Crippen LogP contribution in [0.1, 0.15) is 219 Å². The molecule has 2 heteroatoms. The molecule has 5 unspecified atom stereocenters. The van der Waals surface area contributed by atoms with E-state index in [0.717, 1.165) is 81.8 Å². The van der Waals surface area contributed by atoms with Crippen LogP contribution in [0.25, 0.3) is 6.08 Å². The number of Topliss-reactive ketones (excluding diaryl/α,β-unsaturated/α-hetero) is 1. The lowest BCUT2D eigenvalue weighted by molar-refractivity contribution is 0.0977. The van der Waals surface area contributed by atoms with E-state index in [1.807, 2.05) is 0 Å². The standard InChI is InChI=1S/C42H66O2/c1-12-18-28(7)35-24-23-33(17-6)25-34(35)26-38(43)42(44)41-39(31(10)21-15-4)36(29(8)19-13-2)27-37(30(9)20-14-3)40(41)32(11)22-16-5/h23-32,43H,12-22H2,1-11H3. The van der Waals surface area contributed by atoms with Crippen LogP contribution >= 0.6 is 0 Å². The molecule has 246 valence electrons. The maximum Gasteiger partial charge on any atom is 0.227 e. The van der Waals surface area contributed by atoms with E-state index < -0.39 is 0 Å². The third-order valence-electron chi connectivity index (χ3n) is 9.97. The molecule has 2 aromatic rings. The van der Waals surface area contributed by atoms with Gasteiger partial charge in [-0.25, -0.2) is 0 Å². The number of ketones is 1. The second-order valence-corrected chi connectivity index (χ2v) is 13.9. The molecule has 0 saturated heterocycles. The Labute approximate surface area is 272 Å². The summed E-state index contributed by atoms with van der Waals surface area (Å²) >= 11 is 0. The van der Waals surface area contributed by atoms with Gasteiger partial charge in [0.2, 0.25) is 5.78 Å². The highest BCUT2D eigenvalue weighted by molar-refractivity contribution is 6.12. The van der Waals surface area contributed by atoms with Gasteiger partial charge >= 0.3 is 0 Å². The van der Waals surface area contributed by atoms with Crippen LogP contribution < -0.4 is 0 Å². The Morgan fingerprint density at radius 2 is 1.02 bits per heavy atom. The topological polar surface area (TPSA) is 37.3 Å². The monoisotopic (exact) mass is 603 g/mol. The molecule has 0 fully saturated rings. The smallest absolute Gasteiger partial charge is 0.227 e. The van der Waals surface area contributed by atoms with Gasteiger partial charge < -0.3 is 5.11 Å². The first-order chi connectivity index (χ1) is 21.0. The molecule has 2 nitrogen and oxygen atoms in total. The number of rotatable bonds is 19. The van der Waals surface area contributed by atoms with Gasteiger partial charge in [0.1, 0.15) is 0 Å². The van der Waals surface area contributed by atoms with Crippen LogP contribution in [0.3, 0.4) is 0 Å². The molecule has 0 aromatic heterocycles. The fourth-order valence-electron chi connectivity index (χ4n) is 7.56. The number of hydrogen-bond donors (Lipinski definition) is 1. The zero-order chi connectivity index (χ0) is 33.0. The largest absolute Gasteiger partial charge is 0.504 e. The molecular formula is C42H66O2. The van der Waals surface area contributed by atoms with Gasteiger partial charge in [0.15, 0.2) is 5.76 Å². The fraction of sp³-hybridized carbons (Fsp3) is 0.643. The lowest BCUT2D eigenvalue weighted by atomic mass is 9.72. The van der Waals surface area contributed by atoms with Gasteiger partial charge in [0.05, 0.1) is 0 Å². The Kier molecular flexibility index (Phi) is 16.0. The summed E-state index contributed by atoms with van der Waals surface area (Å²) in [6.45, 7) is 24.9. The number of aliphatic hydroxyl groups is 1. The first-order valence-corrected chi connectivity index (χ1v) is 18.3. The Morgan fingerprint density at radius 1 is 0.614 bits per heavy atom. The second-order valence-electron chi connectivity index (χ2n) is 13.9. The number of aryl methyl sites for hydroxylation is 1. The van der Waals surface area contributed by atoms with E-state index in [2.05, 4.69) is 100 Å². The van der Waals surface area contributed by atoms with Crippen molar-refractivity contribution in [2.45, 2.75) is 176 Å². The number of hydrogen-bond acceptors (Lipinski definition) is 2. The van der Waals surface area contributed by atoms with Gasteiger partial charge in [-0.05, 0) is 113 Å².